The van der Waals surface area contributed by atoms with Crippen LogP contribution in [0.3, 0.4) is 0 Å². The molecule has 0 atom stereocenters. The summed E-state index contributed by atoms with van der Waals surface area (Å²) >= 11 is 0. The van der Waals surface area contributed by atoms with Crippen molar-refractivity contribution in [2.45, 2.75) is 45.3 Å². The molecule has 0 saturated carbocycles. The standard InChI is InChI=1S/C18H29NO2Si/c1-20-11-7-8-16-14-19(15-21-12-13-22(2,3)4)18-10-6-5-9-17(16)18/h5-6,9-10,14H,7-8,11-13,15H2,1-4H3. The van der Waals surface area contributed by atoms with Crippen molar-refractivity contribution in [1.29, 1.82) is 0 Å². The summed E-state index contributed by atoms with van der Waals surface area (Å²) < 4.78 is 13.3. The number of ether oxygens (including phenoxy) is 2. The second-order valence-corrected chi connectivity index (χ2v) is 12.7. The Morgan fingerprint density at radius 2 is 1.86 bits per heavy atom. The average Bonchev–Trinajstić information content (AvgIpc) is 2.82. The summed E-state index contributed by atoms with van der Waals surface area (Å²) in [6.07, 6.45) is 4.35. The molecule has 0 aliphatic rings. The fourth-order valence-electron chi connectivity index (χ4n) is 2.58. The third-order valence-electron chi connectivity index (χ3n) is 3.89. The first-order chi connectivity index (χ1) is 10.5. The lowest BCUT2D eigenvalue weighted by atomic mass is 10.1. The van der Waals surface area contributed by atoms with E-state index in [1.165, 1.54) is 22.5 Å². The van der Waals surface area contributed by atoms with Gasteiger partial charge in [0, 0.05) is 40.0 Å². The molecule has 2 rings (SSSR count). The summed E-state index contributed by atoms with van der Waals surface area (Å²) in [5.41, 5.74) is 2.66. The van der Waals surface area contributed by atoms with E-state index in [2.05, 4.69) is 54.7 Å². The fourth-order valence-corrected chi connectivity index (χ4v) is 3.33. The highest BCUT2D eigenvalue weighted by molar-refractivity contribution is 6.76. The molecule has 0 aliphatic heterocycles. The van der Waals surface area contributed by atoms with Crippen molar-refractivity contribution in [2.75, 3.05) is 20.3 Å². The van der Waals surface area contributed by atoms with Gasteiger partial charge in [-0.15, -0.1) is 0 Å². The van der Waals surface area contributed by atoms with E-state index >= 15 is 0 Å². The zero-order valence-electron chi connectivity index (χ0n) is 14.4. The van der Waals surface area contributed by atoms with Crippen LogP contribution in [0.5, 0.6) is 0 Å². The molecule has 0 fully saturated rings. The van der Waals surface area contributed by atoms with Gasteiger partial charge in [0.05, 0.1) is 5.52 Å². The minimum absolute atomic E-state index is 0.648. The Hall–Kier alpha value is -1.10. The maximum Gasteiger partial charge on any atom is 0.122 e. The number of methoxy groups -OCH3 is 1. The first kappa shape index (κ1) is 17.3. The van der Waals surface area contributed by atoms with Crippen LogP contribution in [-0.2, 0) is 22.6 Å². The summed E-state index contributed by atoms with van der Waals surface area (Å²) in [6.45, 7) is 9.47. The number of aryl methyl sites for hydroxylation is 1. The van der Waals surface area contributed by atoms with Gasteiger partial charge in [0.25, 0.3) is 0 Å². The zero-order chi connectivity index (χ0) is 16.0. The second kappa shape index (κ2) is 7.95. The number of para-hydroxylation sites is 1. The quantitative estimate of drug-likeness (QED) is 0.500. The molecule has 1 aromatic carbocycles. The summed E-state index contributed by atoms with van der Waals surface area (Å²) in [6, 6.07) is 9.80. The monoisotopic (exact) mass is 319 g/mol. The lowest BCUT2D eigenvalue weighted by Gasteiger charge is -2.15. The molecule has 2 aromatic rings. The predicted molar refractivity (Wildman–Crippen MR) is 96.2 cm³/mol. The minimum atomic E-state index is -1.01. The highest BCUT2D eigenvalue weighted by atomic mass is 28.3. The summed E-state index contributed by atoms with van der Waals surface area (Å²) in [4.78, 5) is 0. The normalized spacial score (nSPS) is 12.2. The number of hydrogen-bond donors (Lipinski definition) is 0. The van der Waals surface area contributed by atoms with E-state index in [0.29, 0.717) is 6.73 Å². The summed E-state index contributed by atoms with van der Waals surface area (Å²) in [7, 11) is 0.746. The molecule has 22 heavy (non-hydrogen) atoms. The molecule has 122 valence electrons. The highest BCUT2D eigenvalue weighted by Crippen LogP contribution is 2.22. The average molecular weight is 320 g/mol. The first-order valence-electron chi connectivity index (χ1n) is 8.15. The van der Waals surface area contributed by atoms with Crippen LogP contribution in [0, 0.1) is 0 Å². The first-order valence-corrected chi connectivity index (χ1v) is 11.9. The third kappa shape index (κ3) is 4.97. The van der Waals surface area contributed by atoms with Gasteiger partial charge in [-0.3, -0.25) is 0 Å². The Bertz CT molecular complexity index is 586. The molecule has 0 radical (unpaired) electrons. The molecule has 4 heteroatoms. The maximum atomic E-state index is 5.92. The molecule has 0 amide bonds. The fraction of sp³-hybridized carbons (Fsp3) is 0.556. The van der Waals surface area contributed by atoms with Gasteiger partial charge in [-0.2, -0.15) is 0 Å². The van der Waals surface area contributed by atoms with Crippen LogP contribution in [0.25, 0.3) is 10.9 Å². The van der Waals surface area contributed by atoms with Gasteiger partial charge in [-0.1, -0.05) is 37.8 Å². The van der Waals surface area contributed by atoms with E-state index in [4.69, 9.17) is 9.47 Å². The molecule has 0 aliphatic carbocycles. The van der Waals surface area contributed by atoms with E-state index in [0.717, 1.165) is 26.1 Å². The highest BCUT2D eigenvalue weighted by Gasteiger charge is 2.12. The molecule has 1 heterocycles. The zero-order valence-corrected chi connectivity index (χ0v) is 15.4. The van der Waals surface area contributed by atoms with Crippen LogP contribution >= 0.6 is 0 Å². The largest absolute Gasteiger partial charge is 0.385 e. The van der Waals surface area contributed by atoms with Crippen LogP contribution in [-0.4, -0.2) is 33.0 Å². The van der Waals surface area contributed by atoms with E-state index in [1.54, 1.807) is 7.11 Å². The van der Waals surface area contributed by atoms with Gasteiger partial charge < -0.3 is 14.0 Å². The van der Waals surface area contributed by atoms with Crippen molar-refractivity contribution in [3.05, 3.63) is 36.0 Å². The van der Waals surface area contributed by atoms with Gasteiger partial charge in [0.1, 0.15) is 6.73 Å². The van der Waals surface area contributed by atoms with E-state index < -0.39 is 8.07 Å². The van der Waals surface area contributed by atoms with E-state index in [-0.39, 0.29) is 0 Å². The molecule has 3 nitrogen and oxygen atoms in total. The van der Waals surface area contributed by atoms with E-state index in [1.807, 2.05) is 0 Å². The van der Waals surface area contributed by atoms with E-state index in [9.17, 15) is 0 Å². The Balaban J connectivity index is 2.02. The Morgan fingerprint density at radius 3 is 2.59 bits per heavy atom. The Labute approximate surface area is 135 Å². The molecule has 0 saturated heterocycles. The topological polar surface area (TPSA) is 23.4 Å². The predicted octanol–water partition coefficient (Wildman–Crippen LogP) is 4.53. The number of hydrogen-bond acceptors (Lipinski definition) is 2. The number of aromatic nitrogens is 1. The Morgan fingerprint density at radius 1 is 1.09 bits per heavy atom. The van der Waals surface area contributed by atoms with Crippen molar-refractivity contribution in [3.8, 4) is 0 Å². The van der Waals surface area contributed by atoms with Gasteiger partial charge in [0.15, 0.2) is 0 Å². The second-order valence-electron chi connectivity index (χ2n) is 7.09. The number of rotatable bonds is 9. The van der Waals surface area contributed by atoms with Crippen molar-refractivity contribution in [3.63, 3.8) is 0 Å². The SMILES string of the molecule is COCCCc1cn(COCC[Si](C)(C)C)c2ccccc12. The molecule has 0 spiro atoms. The van der Waals surface area contributed by atoms with Crippen LogP contribution < -0.4 is 0 Å². The maximum absolute atomic E-state index is 5.92. The van der Waals surface area contributed by atoms with Crippen LogP contribution in [0.2, 0.25) is 25.7 Å². The van der Waals surface area contributed by atoms with Crippen molar-refractivity contribution >= 4 is 19.0 Å². The molecule has 0 bridgehead atoms. The molecule has 0 N–H and O–H groups in total. The molecular formula is C18H29NO2Si. The number of nitrogens with zero attached hydrogens (tertiary/aromatic N) is 1. The third-order valence-corrected chi connectivity index (χ3v) is 5.60. The smallest absolute Gasteiger partial charge is 0.122 e. The summed E-state index contributed by atoms with van der Waals surface area (Å²) in [5, 5.41) is 1.34. The van der Waals surface area contributed by atoms with Crippen molar-refractivity contribution in [1.82, 2.24) is 4.57 Å². The van der Waals surface area contributed by atoms with Crippen molar-refractivity contribution in [2.24, 2.45) is 0 Å². The van der Waals surface area contributed by atoms with Gasteiger partial charge in [-0.05, 0) is 30.5 Å². The molecule has 1 aromatic heterocycles. The lowest BCUT2D eigenvalue weighted by Crippen LogP contribution is -2.21. The van der Waals surface area contributed by atoms with Crippen LogP contribution in [0.1, 0.15) is 12.0 Å². The van der Waals surface area contributed by atoms with Crippen LogP contribution in [0.4, 0.5) is 0 Å². The lowest BCUT2D eigenvalue weighted by molar-refractivity contribution is 0.0901. The molecular weight excluding hydrogens is 290 g/mol. The number of benzene rings is 1. The summed E-state index contributed by atoms with van der Waals surface area (Å²) in [5.74, 6) is 0. The molecule has 0 unspecified atom stereocenters. The Kier molecular flexibility index (Phi) is 6.23. The number of fused-ring (bicyclic) bond motifs is 1. The minimum Gasteiger partial charge on any atom is -0.385 e. The van der Waals surface area contributed by atoms with Crippen molar-refractivity contribution < 1.29 is 9.47 Å². The van der Waals surface area contributed by atoms with Gasteiger partial charge in [0.2, 0.25) is 0 Å². The van der Waals surface area contributed by atoms with Gasteiger partial charge in [-0.25, -0.2) is 0 Å². The van der Waals surface area contributed by atoms with Crippen LogP contribution in [0.15, 0.2) is 30.5 Å². The van der Waals surface area contributed by atoms with Gasteiger partial charge >= 0.3 is 0 Å².